The van der Waals surface area contributed by atoms with Gasteiger partial charge in [-0.15, -0.1) is 0 Å². The first-order valence-electron chi connectivity index (χ1n) is 10.1. The minimum atomic E-state index is 0.0773. The van der Waals surface area contributed by atoms with Crippen molar-refractivity contribution in [2.45, 2.75) is 39.5 Å². The summed E-state index contributed by atoms with van der Waals surface area (Å²) in [5.74, 6) is 0.774. The van der Waals surface area contributed by atoms with E-state index in [-0.39, 0.29) is 5.91 Å². The number of nitrogens with one attached hydrogen (secondary N) is 1. The molecule has 1 saturated heterocycles. The molecule has 0 unspecified atom stereocenters. The van der Waals surface area contributed by atoms with Crippen LogP contribution < -0.4 is 10.2 Å². The third-order valence-corrected chi connectivity index (χ3v) is 4.89. The lowest BCUT2D eigenvalue weighted by Gasteiger charge is -2.21. The van der Waals surface area contributed by atoms with E-state index in [1.54, 1.807) is 12.3 Å². The average molecular weight is 367 g/mol. The zero-order valence-corrected chi connectivity index (χ0v) is 16.4. The van der Waals surface area contributed by atoms with Gasteiger partial charge in [-0.25, -0.2) is 4.98 Å². The Kier molecular flexibility index (Phi) is 6.69. The number of carbonyl (C=O) groups excluding carboxylic acids is 1. The number of benzene rings is 1. The average Bonchev–Trinajstić information content (AvgIpc) is 3.23. The van der Waals surface area contributed by atoms with Crippen LogP contribution in [0.5, 0.6) is 0 Å². The van der Waals surface area contributed by atoms with E-state index < -0.39 is 0 Å². The zero-order valence-electron chi connectivity index (χ0n) is 16.4. The van der Waals surface area contributed by atoms with E-state index in [0.29, 0.717) is 11.4 Å². The van der Waals surface area contributed by atoms with Crippen molar-refractivity contribution in [3.05, 3.63) is 48.2 Å². The Morgan fingerprint density at radius 1 is 1.07 bits per heavy atom. The first kappa shape index (κ1) is 19.2. The van der Waals surface area contributed by atoms with E-state index in [9.17, 15) is 4.79 Å². The molecule has 3 rings (SSSR count). The maximum atomic E-state index is 12.8. The molecule has 1 N–H and O–H groups in total. The first-order valence-corrected chi connectivity index (χ1v) is 10.1. The molecule has 1 aromatic carbocycles. The van der Waals surface area contributed by atoms with Crippen molar-refractivity contribution in [3.8, 4) is 0 Å². The van der Waals surface area contributed by atoms with Crippen LogP contribution in [-0.2, 0) is 0 Å². The van der Waals surface area contributed by atoms with E-state index in [4.69, 9.17) is 0 Å². The Bertz CT molecular complexity index is 732. The number of carbonyl (C=O) groups is 1. The van der Waals surface area contributed by atoms with Crippen LogP contribution in [0.2, 0.25) is 0 Å². The molecule has 27 heavy (non-hydrogen) atoms. The fourth-order valence-corrected chi connectivity index (χ4v) is 3.55. The molecule has 0 radical (unpaired) electrons. The standard InChI is InChI=1S/C22H30N4O/c1-3-13-26(14-4-2)22(27)18-11-12-23-21(17-18)24-19-7-9-20(10-8-19)25-15-5-6-16-25/h7-12,17H,3-6,13-16H2,1-2H3,(H,23,24). The van der Waals surface area contributed by atoms with Gasteiger partial charge >= 0.3 is 0 Å². The maximum Gasteiger partial charge on any atom is 0.254 e. The Morgan fingerprint density at radius 2 is 1.74 bits per heavy atom. The summed E-state index contributed by atoms with van der Waals surface area (Å²) < 4.78 is 0. The second-order valence-electron chi connectivity index (χ2n) is 7.09. The SMILES string of the molecule is CCCN(CCC)C(=O)c1ccnc(Nc2ccc(N3CCCC3)cc2)c1. The Balaban J connectivity index is 1.68. The van der Waals surface area contributed by atoms with Crippen molar-refractivity contribution in [1.82, 2.24) is 9.88 Å². The predicted octanol–water partition coefficient (Wildman–Crippen LogP) is 4.69. The second kappa shape index (κ2) is 9.40. The van der Waals surface area contributed by atoms with Gasteiger partial charge in [0, 0.05) is 49.3 Å². The number of anilines is 3. The van der Waals surface area contributed by atoms with E-state index in [1.165, 1.54) is 18.5 Å². The van der Waals surface area contributed by atoms with Crippen molar-refractivity contribution in [3.63, 3.8) is 0 Å². The number of aromatic nitrogens is 1. The van der Waals surface area contributed by atoms with Crippen LogP contribution in [0.4, 0.5) is 17.2 Å². The molecule has 1 amide bonds. The minimum absolute atomic E-state index is 0.0773. The van der Waals surface area contributed by atoms with Gasteiger partial charge in [0.25, 0.3) is 5.91 Å². The van der Waals surface area contributed by atoms with Gasteiger partial charge in [-0.05, 0) is 62.1 Å². The summed E-state index contributed by atoms with van der Waals surface area (Å²) >= 11 is 0. The molecule has 1 aliphatic heterocycles. The lowest BCUT2D eigenvalue weighted by molar-refractivity contribution is 0.0755. The van der Waals surface area contributed by atoms with Gasteiger partial charge in [-0.2, -0.15) is 0 Å². The first-order chi connectivity index (χ1) is 13.2. The smallest absolute Gasteiger partial charge is 0.254 e. The molecular formula is C22H30N4O. The van der Waals surface area contributed by atoms with E-state index >= 15 is 0 Å². The van der Waals surface area contributed by atoms with Gasteiger partial charge in [-0.1, -0.05) is 13.8 Å². The van der Waals surface area contributed by atoms with Crippen molar-refractivity contribution in [2.24, 2.45) is 0 Å². The molecule has 2 aromatic rings. The third kappa shape index (κ3) is 5.00. The molecule has 0 spiro atoms. The summed E-state index contributed by atoms with van der Waals surface area (Å²) in [7, 11) is 0. The lowest BCUT2D eigenvalue weighted by atomic mass is 10.2. The van der Waals surface area contributed by atoms with Gasteiger partial charge in [0.15, 0.2) is 0 Å². The number of hydrogen-bond donors (Lipinski definition) is 1. The largest absolute Gasteiger partial charge is 0.372 e. The fourth-order valence-electron chi connectivity index (χ4n) is 3.55. The molecular weight excluding hydrogens is 336 g/mol. The van der Waals surface area contributed by atoms with Crippen molar-refractivity contribution < 1.29 is 4.79 Å². The van der Waals surface area contributed by atoms with Gasteiger partial charge in [-0.3, -0.25) is 4.79 Å². The van der Waals surface area contributed by atoms with Crippen LogP contribution in [0, 0.1) is 0 Å². The number of pyridine rings is 1. The molecule has 144 valence electrons. The fraction of sp³-hybridized carbons (Fsp3) is 0.455. The highest BCUT2D eigenvalue weighted by Gasteiger charge is 2.15. The second-order valence-corrected chi connectivity index (χ2v) is 7.09. The number of rotatable bonds is 8. The molecule has 2 heterocycles. The molecule has 5 nitrogen and oxygen atoms in total. The van der Waals surface area contributed by atoms with Gasteiger partial charge in [0.1, 0.15) is 5.82 Å². The highest BCUT2D eigenvalue weighted by Crippen LogP contribution is 2.23. The molecule has 1 aromatic heterocycles. The minimum Gasteiger partial charge on any atom is -0.372 e. The summed E-state index contributed by atoms with van der Waals surface area (Å²) in [5.41, 5.74) is 2.93. The molecule has 0 aliphatic carbocycles. The lowest BCUT2D eigenvalue weighted by Crippen LogP contribution is -2.32. The molecule has 1 aliphatic rings. The van der Waals surface area contributed by atoms with E-state index in [1.807, 2.05) is 11.0 Å². The Morgan fingerprint density at radius 3 is 2.37 bits per heavy atom. The Labute approximate surface area is 162 Å². The molecule has 0 atom stereocenters. The highest BCUT2D eigenvalue weighted by atomic mass is 16.2. The zero-order chi connectivity index (χ0) is 19.1. The summed E-state index contributed by atoms with van der Waals surface area (Å²) in [6.07, 6.45) is 6.18. The van der Waals surface area contributed by atoms with Gasteiger partial charge in [0.05, 0.1) is 0 Å². The number of nitrogens with zero attached hydrogens (tertiary/aromatic N) is 3. The quantitative estimate of drug-likeness (QED) is 0.736. The summed E-state index contributed by atoms with van der Waals surface area (Å²) in [4.78, 5) is 21.5. The number of hydrogen-bond acceptors (Lipinski definition) is 4. The maximum absolute atomic E-state index is 12.8. The number of amides is 1. The van der Waals surface area contributed by atoms with Crippen LogP contribution in [-0.4, -0.2) is 42.0 Å². The Hall–Kier alpha value is -2.56. The predicted molar refractivity (Wildman–Crippen MR) is 112 cm³/mol. The van der Waals surface area contributed by atoms with Crippen LogP contribution in [0.25, 0.3) is 0 Å². The monoisotopic (exact) mass is 366 g/mol. The third-order valence-electron chi connectivity index (χ3n) is 4.89. The van der Waals surface area contributed by atoms with Gasteiger partial charge in [0.2, 0.25) is 0 Å². The van der Waals surface area contributed by atoms with Crippen molar-refractivity contribution in [2.75, 3.05) is 36.4 Å². The van der Waals surface area contributed by atoms with Gasteiger partial charge < -0.3 is 15.1 Å². The van der Waals surface area contributed by atoms with E-state index in [0.717, 1.165) is 44.7 Å². The molecule has 0 saturated carbocycles. The topological polar surface area (TPSA) is 48.5 Å². The van der Waals surface area contributed by atoms with Crippen LogP contribution >= 0.6 is 0 Å². The molecule has 5 heteroatoms. The molecule has 1 fully saturated rings. The summed E-state index contributed by atoms with van der Waals surface area (Å²) in [6.45, 7) is 8.06. The normalized spacial score (nSPS) is 13.6. The van der Waals surface area contributed by atoms with Crippen molar-refractivity contribution in [1.29, 1.82) is 0 Å². The van der Waals surface area contributed by atoms with Crippen molar-refractivity contribution >= 4 is 23.1 Å². The summed E-state index contributed by atoms with van der Waals surface area (Å²) in [6, 6.07) is 12.1. The van der Waals surface area contributed by atoms with Crippen LogP contribution in [0.3, 0.4) is 0 Å². The van der Waals surface area contributed by atoms with E-state index in [2.05, 4.69) is 53.3 Å². The van der Waals surface area contributed by atoms with Crippen LogP contribution in [0.15, 0.2) is 42.6 Å². The highest BCUT2D eigenvalue weighted by molar-refractivity contribution is 5.95. The summed E-state index contributed by atoms with van der Waals surface area (Å²) in [5, 5.41) is 3.32. The molecule has 0 bridgehead atoms. The van der Waals surface area contributed by atoms with Crippen LogP contribution in [0.1, 0.15) is 49.9 Å².